The molecule has 0 aliphatic rings. The van der Waals surface area contributed by atoms with Crippen molar-refractivity contribution in [1.82, 2.24) is 0 Å². The van der Waals surface area contributed by atoms with Crippen molar-refractivity contribution in [2.75, 3.05) is 26.4 Å². The summed E-state index contributed by atoms with van der Waals surface area (Å²) in [5, 5.41) is 8.68. The van der Waals surface area contributed by atoms with Gasteiger partial charge < -0.3 is 20.3 Å². The SMILES string of the molecule is NCCOCCOc1ccc(C(=O)O)cc1. The van der Waals surface area contributed by atoms with Crippen LogP contribution in [0.2, 0.25) is 0 Å². The Morgan fingerprint density at radius 2 is 1.88 bits per heavy atom. The van der Waals surface area contributed by atoms with Crippen LogP contribution in [-0.4, -0.2) is 37.4 Å². The van der Waals surface area contributed by atoms with Gasteiger partial charge in [0, 0.05) is 6.54 Å². The van der Waals surface area contributed by atoms with Crippen LogP contribution in [0.4, 0.5) is 0 Å². The number of hydrogen-bond acceptors (Lipinski definition) is 4. The van der Waals surface area contributed by atoms with Crippen molar-refractivity contribution in [1.29, 1.82) is 0 Å². The molecule has 5 heteroatoms. The van der Waals surface area contributed by atoms with Crippen LogP contribution in [0.1, 0.15) is 10.4 Å². The van der Waals surface area contributed by atoms with Crippen LogP contribution < -0.4 is 10.5 Å². The normalized spacial score (nSPS) is 10.1. The average Bonchev–Trinajstić information content (AvgIpc) is 2.29. The maximum atomic E-state index is 10.6. The van der Waals surface area contributed by atoms with Crippen molar-refractivity contribution in [3.63, 3.8) is 0 Å². The lowest BCUT2D eigenvalue weighted by Crippen LogP contribution is -2.13. The molecule has 3 N–H and O–H groups in total. The highest BCUT2D eigenvalue weighted by atomic mass is 16.5. The van der Waals surface area contributed by atoms with Gasteiger partial charge in [-0.15, -0.1) is 0 Å². The molecule has 0 saturated heterocycles. The van der Waals surface area contributed by atoms with Gasteiger partial charge in [-0.3, -0.25) is 0 Å². The Kier molecular flexibility index (Phi) is 5.31. The second kappa shape index (κ2) is 6.81. The number of carboxylic acid groups (broad SMARTS) is 1. The first-order valence-corrected chi connectivity index (χ1v) is 4.98. The molecule has 0 bridgehead atoms. The predicted molar refractivity (Wildman–Crippen MR) is 58.8 cm³/mol. The topological polar surface area (TPSA) is 81.8 Å². The van der Waals surface area contributed by atoms with E-state index in [9.17, 15) is 4.79 Å². The minimum atomic E-state index is -0.946. The smallest absolute Gasteiger partial charge is 0.335 e. The third-order valence-corrected chi connectivity index (χ3v) is 1.86. The van der Waals surface area contributed by atoms with E-state index >= 15 is 0 Å². The van der Waals surface area contributed by atoms with Gasteiger partial charge in [0.1, 0.15) is 12.4 Å². The van der Waals surface area contributed by atoms with Crippen LogP contribution >= 0.6 is 0 Å². The highest BCUT2D eigenvalue weighted by Gasteiger charge is 2.01. The standard InChI is InChI=1S/C11H15NO4/c12-5-6-15-7-8-16-10-3-1-9(2-4-10)11(13)14/h1-4H,5-8,12H2,(H,13,14). The third-order valence-electron chi connectivity index (χ3n) is 1.86. The molecular formula is C11H15NO4. The van der Waals surface area contributed by atoms with Crippen LogP contribution in [0.25, 0.3) is 0 Å². The Balaban J connectivity index is 2.29. The summed E-state index contributed by atoms with van der Waals surface area (Å²) in [5.74, 6) is -0.320. The van der Waals surface area contributed by atoms with Crippen LogP contribution in [0.3, 0.4) is 0 Å². The predicted octanol–water partition coefficient (Wildman–Crippen LogP) is 0.739. The zero-order valence-electron chi connectivity index (χ0n) is 8.89. The number of nitrogens with two attached hydrogens (primary N) is 1. The third kappa shape index (κ3) is 4.29. The van der Waals surface area contributed by atoms with E-state index in [4.69, 9.17) is 20.3 Å². The van der Waals surface area contributed by atoms with Gasteiger partial charge in [0.2, 0.25) is 0 Å². The quantitative estimate of drug-likeness (QED) is 0.669. The number of carboxylic acids is 1. The van der Waals surface area contributed by atoms with Crippen molar-refractivity contribution >= 4 is 5.97 Å². The molecule has 0 spiro atoms. The molecule has 0 heterocycles. The summed E-state index contributed by atoms with van der Waals surface area (Å²) < 4.78 is 10.5. The van der Waals surface area contributed by atoms with E-state index in [1.165, 1.54) is 12.1 Å². The highest BCUT2D eigenvalue weighted by molar-refractivity contribution is 5.87. The molecule has 1 aromatic carbocycles. The average molecular weight is 225 g/mol. The summed E-state index contributed by atoms with van der Waals surface area (Å²) >= 11 is 0. The molecule has 0 saturated carbocycles. The van der Waals surface area contributed by atoms with Crippen molar-refractivity contribution in [3.05, 3.63) is 29.8 Å². The first kappa shape index (κ1) is 12.5. The molecule has 1 rings (SSSR count). The second-order valence-electron chi connectivity index (χ2n) is 3.08. The van der Waals surface area contributed by atoms with E-state index in [0.717, 1.165) is 0 Å². The molecule has 5 nitrogen and oxygen atoms in total. The van der Waals surface area contributed by atoms with E-state index < -0.39 is 5.97 Å². The Labute approximate surface area is 93.8 Å². The highest BCUT2D eigenvalue weighted by Crippen LogP contribution is 2.11. The van der Waals surface area contributed by atoms with E-state index in [0.29, 0.717) is 32.1 Å². The number of ether oxygens (including phenoxy) is 2. The van der Waals surface area contributed by atoms with Crippen molar-refractivity contribution in [3.8, 4) is 5.75 Å². The maximum absolute atomic E-state index is 10.6. The number of hydrogen-bond donors (Lipinski definition) is 2. The Bertz CT molecular complexity index is 323. The Morgan fingerprint density at radius 1 is 1.19 bits per heavy atom. The molecule has 0 aliphatic heterocycles. The molecule has 0 atom stereocenters. The van der Waals surface area contributed by atoms with E-state index in [-0.39, 0.29) is 5.56 Å². The first-order chi connectivity index (χ1) is 7.74. The molecule has 0 fully saturated rings. The minimum Gasteiger partial charge on any atom is -0.491 e. The molecule has 88 valence electrons. The molecule has 0 aromatic heterocycles. The van der Waals surface area contributed by atoms with Gasteiger partial charge in [0.15, 0.2) is 0 Å². The van der Waals surface area contributed by atoms with Gasteiger partial charge in [-0.1, -0.05) is 0 Å². The van der Waals surface area contributed by atoms with Gasteiger partial charge in [0.05, 0.1) is 18.8 Å². The van der Waals surface area contributed by atoms with E-state index in [1.54, 1.807) is 12.1 Å². The minimum absolute atomic E-state index is 0.242. The number of rotatable bonds is 7. The lowest BCUT2D eigenvalue weighted by atomic mass is 10.2. The molecule has 0 unspecified atom stereocenters. The zero-order valence-corrected chi connectivity index (χ0v) is 8.89. The lowest BCUT2D eigenvalue weighted by Gasteiger charge is -2.06. The summed E-state index contributed by atoms with van der Waals surface area (Å²) in [6.45, 7) is 1.90. The fourth-order valence-electron chi connectivity index (χ4n) is 1.10. The monoisotopic (exact) mass is 225 g/mol. The lowest BCUT2D eigenvalue weighted by molar-refractivity contribution is 0.0696. The fourth-order valence-corrected chi connectivity index (χ4v) is 1.10. The van der Waals surface area contributed by atoms with Crippen molar-refractivity contribution < 1.29 is 19.4 Å². The maximum Gasteiger partial charge on any atom is 0.335 e. The van der Waals surface area contributed by atoms with Gasteiger partial charge in [-0.25, -0.2) is 4.79 Å². The molecule has 0 aliphatic carbocycles. The van der Waals surface area contributed by atoms with Gasteiger partial charge in [0.25, 0.3) is 0 Å². The molecule has 0 radical (unpaired) electrons. The Morgan fingerprint density at radius 3 is 2.44 bits per heavy atom. The van der Waals surface area contributed by atoms with Crippen LogP contribution in [0.5, 0.6) is 5.75 Å². The molecule has 16 heavy (non-hydrogen) atoms. The number of benzene rings is 1. The van der Waals surface area contributed by atoms with Crippen LogP contribution in [-0.2, 0) is 4.74 Å². The zero-order chi connectivity index (χ0) is 11.8. The van der Waals surface area contributed by atoms with Gasteiger partial charge in [-0.05, 0) is 24.3 Å². The number of aromatic carboxylic acids is 1. The summed E-state index contributed by atoms with van der Waals surface area (Å²) in [5.41, 5.74) is 5.49. The van der Waals surface area contributed by atoms with E-state index in [1.807, 2.05) is 0 Å². The largest absolute Gasteiger partial charge is 0.491 e. The molecule has 1 aromatic rings. The summed E-state index contributed by atoms with van der Waals surface area (Å²) in [6, 6.07) is 6.23. The molecule has 0 amide bonds. The summed E-state index contributed by atoms with van der Waals surface area (Å²) in [7, 11) is 0. The summed E-state index contributed by atoms with van der Waals surface area (Å²) in [6.07, 6.45) is 0. The second-order valence-corrected chi connectivity index (χ2v) is 3.08. The fraction of sp³-hybridized carbons (Fsp3) is 0.364. The summed E-state index contributed by atoms with van der Waals surface area (Å²) in [4.78, 5) is 10.6. The Hall–Kier alpha value is -1.59. The van der Waals surface area contributed by atoms with E-state index in [2.05, 4.69) is 0 Å². The van der Waals surface area contributed by atoms with Gasteiger partial charge >= 0.3 is 5.97 Å². The van der Waals surface area contributed by atoms with Crippen LogP contribution in [0.15, 0.2) is 24.3 Å². The van der Waals surface area contributed by atoms with Crippen molar-refractivity contribution in [2.24, 2.45) is 5.73 Å². The number of carbonyl (C=O) groups is 1. The van der Waals surface area contributed by atoms with Crippen LogP contribution in [0, 0.1) is 0 Å². The molecular weight excluding hydrogens is 210 g/mol. The first-order valence-electron chi connectivity index (χ1n) is 4.98. The van der Waals surface area contributed by atoms with Crippen molar-refractivity contribution in [2.45, 2.75) is 0 Å². The van der Waals surface area contributed by atoms with Gasteiger partial charge in [-0.2, -0.15) is 0 Å².